The smallest absolute Gasteiger partial charge is 0.253 e. The van der Waals surface area contributed by atoms with Crippen LogP contribution in [0.5, 0.6) is 0 Å². The molecule has 1 aliphatic rings. The van der Waals surface area contributed by atoms with Gasteiger partial charge in [-0.3, -0.25) is 4.79 Å². The first-order valence-corrected chi connectivity index (χ1v) is 12.7. The Hall–Kier alpha value is -1.95. The van der Waals surface area contributed by atoms with E-state index in [0.29, 0.717) is 11.5 Å². The number of hydrogen-bond acceptors (Lipinski definition) is 3. The zero-order valence-electron chi connectivity index (χ0n) is 16.5. The minimum Gasteiger partial charge on any atom is -0.428 e. The van der Waals surface area contributed by atoms with E-state index in [4.69, 9.17) is 0 Å². The maximum absolute atomic E-state index is 12.8. The molecule has 0 unspecified atom stereocenters. The topological polar surface area (TPSA) is 52.6 Å². The molecule has 0 atom stereocenters. The molecule has 1 fully saturated rings. The van der Waals surface area contributed by atoms with Crippen molar-refractivity contribution in [1.82, 2.24) is 10.2 Å². The van der Waals surface area contributed by atoms with Crippen LogP contribution in [-0.4, -0.2) is 44.1 Å². The van der Waals surface area contributed by atoms with Crippen molar-refractivity contribution in [2.45, 2.75) is 38.4 Å². The van der Waals surface area contributed by atoms with Crippen LogP contribution in [0.1, 0.15) is 40.2 Å². The van der Waals surface area contributed by atoms with Crippen LogP contribution < -0.4 is 10.5 Å². The molecule has 1 saturated heterocycles. The third kappa shape index (κ3) is 4.86. The van der Waals surface area contributed by atoms with E-state index in [0.717, 1.165) is 37.7 Å². The molecule has 0 bridgehead atoms. The SMILES string of the molecule is CNCc1cccc(C2CCN(C(=O)c3ccc([Si](C)(C)O)cc3)CC2)c1. The minimum atomic E-state index is -2.32. The number of rotatable bonds is 5. The Balaban J connectivity index is 1.61. The number of carbonyl (C=O) groups excluding carboxylic acids is 1. The van der Waals surface area contributed by atoms with Gasteiger partial charge in [-0.2, -0.15) is 0 Å². The largest absolute Gasteiger partial charge is 0.428 e. The number of piperidine rings is 1. The Morgan fingerprint density at radius 3 is 2.41 bits per heavy atom. The molecule has 1 heterocycles. The van der Waals surface area contributed by atoms with Crippen molar-refractivity contribution in [3.05, 3.63) is 65.2 Å². The van der Waals surface area contributed by atoms with E-state index in [1.807, 2.05) is 49.3 Å². The van der Waals surface area contributed by atoms with Gasteiger partial charge in [0, 0.05) is 25.2 Å². The van der Waals surface area contributed by atoms with Gasteiger partial charge in [-0.15, -0.1) is 0 Å². The number of nitrogens with one attached hydrogen (secondary N) is 1. The highest BCUT2D eigenvalue weighted by Crippen LogP contribution is 2.29. The first-order valence-electron chi connectivity index (χ1n) is 9.74. The van der Waals surface area contributed by atoms with Crippen LogP contribution in [0.2, 0.25) is 13.1 Å². The predicted octanol–water partition coefficient (Wildman–Crippen LogP) is 2.83. The van der Waals surface area contributed by atoms with Crippen LogP contribution >= 0.6 is 0 Å². The second-order valence-electron chi connectivity index (χ2n) is 7.98. The highest BCUT2D eigenvalue weighted by molar-refractivity contribution is 6.83. The zero-order valence-corrected chi connectivity index (χ0v) is 17.5. The maximum atomic E-state index is 12.8. The molecule has 144 valence electrons. The molecular weight excluding hydrogens is 352 g/mol. The number of nitrogens with zero attached hydrogens (tertiary/aromatic N) is 1. The van der Waals surface area contributed by atoms with Gasteiger partial charge in [0.2, 0.25) is 8.32 Å². The van der Waals surface area contributed by atoms with Gasteiger partial charge in [0.1, 0.15) is 0 Å². The molecule has 1 aliphatic heterocycles. The average molecular weight is 383 g/mol. The molecule has 27 heavy (non-hydrogen) atoms. The van der Waals surface area contributed by atoms with E-state index in [2.05, 4.69) is 29.6 Å². The minimum absolute atomic E-state index is 0.0985. The fraction of sp³-hybridized carbons (Fsp3) is 0.409. The second kappa shape index (κ2) is 8.38. The van der Waals surface area contributed by atoms with Crippen molar-refractivity contribution < 1.29 is 9.59 Å². The van der Waals surface area contributed by atoms with Crippen LogP contribution in [0.15, 0.2) is 48.5 Å². The fourth-order valence-electron chi connectivity index (χ4n) is 3.78. The molecule has 0 spiro atoms. The molecule has 0 radical (unpaired) electrons. The number of benzene rings is 2. The van der Waals surface area contributed by atoms with Gasteiger partial charge in [-0.25, -0.2) is 0 Å². The van der Waals surface area contributed by atoms with Gasteiger partial charge >= 0.3 is 0 Å². The summed E-state index contributed by atoms with van der Waals surface area (Å²) in [6.45, 7) is 6.25. The molecule has 0 saturated carbocycles. The van der Waals surface area contributed by atoms with Gasteiger partial charge in [-0.1, -0.05) is 36.4 Å². The monoisotopic (exact) mass is 382 g/mol. The Morgan fingerprint density at radius 1 is 1.15 bits per heavy atom. The third-order valence-electron chi connectivity index (χ3n) is 5.42. The zero-order chi connectivity index (χ0) is 19.4. The molecule has 2 N–H and O–H groups in total. The lowest BCUT2D eigenvalue weighted by atomic mass is 9.88. The fourth-order valence-corrected chi connectivity index (χ4v) is 4.76. The molecule has 0 aliphatic carbocycles. The van der Waals surface area contributed by atoms with Crippen molar-refractivity contribution in [3.8, 4) is 0 Å². The summed E-state index contributed by atoms with van der Waals surface area (Å²) in [5, 5.41) is 4.16. The van der Waals surface area contributed by atoms with Crippen LogP contribution in [0.3, 0.4) is 0 Å². The first kappa shape index (κ1) is 19.8. The van der Waals surface area contributed by atoms with Crippen molar-refractivity contribution in [1.29, 1.82) is 0 Å². The molecule has 1 amide bonds. The molecule has 0 aromatic heterocycles. The van der Waals surface area contributed by atoms with E-state index < -0.39 is 8.32 Å². The van der Waals surface area contributed by atoms with Crippen molar-refractivity contribution in [3.63, 3.8) is 0 Å². The Morgan fingerprint density at radius 2 is 1.81 bits per heavy atom. The number of amides is 1. The Bertz CT molecular complexity index is 776. The van der Waals surface area contributed by atoms with Crippen LogP contribution in [0, 0.1) is 0 Å². The molecule has 2 aromatic rings. The average Bonchev–Trinajstić information content (AvgIpc) is 2.67. The summed E-state index contributed by atoms with van der Waals surface area (Å²) in [6, 6.07) is 16.3. The van der Waals surface area contributed by atoms with Gasteiger partial charge in [0.15, 0.2) is 0 Å². The van der Waals surface area contributed by atoms with Crippen molar-refractivity contribution >= 4 is 19.4 Å². The van der Waals surface area contributed by atoms with Crippen LogP contribution in [0.4, 0.5) is 0 Å². The van der Waals surface area contributed by atoms with Crippen LogP contribution in [-0.2, 0) is 6.54 Å². The van der Waals surface area contributed by atoms with E-state index in [1.54, 1.807) is 0 Å². The summed E-state index contributed by atoms with van der Waals surface area (Å²) in [4.78, 5) is 25.0. The van der Waals surface area contributed by atoms with Crippen molar-refractivity contribution in [2.75, 3.05) is 20.1 Å². The summed E-state index contributed by atoms with van der Waals surface area (Å²) in [7, 11) is -0.352. The molecule has 5 heteroatoms. The lowest BCUT2D eigenvalue weighted by Crippen LogP contribution is -2.41. The van der Waals surface area contributed by atoms with Gasteiger partial charge in [0.05, 0.1) is 0 Å². The highest BCUT2D eigenvalue weighted by atomic mass is 28.4. The number of carbonyl (C=O) groups is 1. The van der Waals surface area contributed by atoms with E-state index in [-0.39, 0.29) is 5.91 Å². The summed E-state index contributed by atoms with van der Waals surface area (Å²) < 4.78 is 0. The van der Waals surface area contributed by atoms with E-state index >= 15 is 0 Å². The second-order valence-corrected chi connectivity index (χ2v) is 11.7. The van der Waals surface area contributed by atoms with Gasteiger partial charge in [-0.05, 0) is 67.3 Å². The Kier molecular flexibility index (Phi) is 6.14. The first-order chi connectivity index (χ1) is 12.9. The number of hydrogen-bond donors (Lipinski definition) is 2. The standard InChI is InChI=1S/C22H30N2O2Si/c1-23-16-17-5-4-6-20(15-17)18-11-13-24(14-12-18)22(25)19-7-9-21(10-8-19)27(2,3)26/h4-10,15,18,23,26H,11-14,16H2,1-3H3. The summed E-state index contributed by atoms with van der Waals surface area (Å²) in [6.07, 6.45) is 2.01. The lowest BCUT2D eigenvalue weighted by Gasteiger charge is -2.32. The van der Waals surface area contributed by atoms with Crippen LogP contribution in [0.25, 0.3) is 0 Å². The summed E-state index contributed by atoms with van der Waals surface area (Å²) in [5.41, 5.74) is 3.41. The molecule has 2 aromatic carbocycles. The molecule has 3 rings (SSSR count). The molecule has 4 nitrogen and oxygen atoms in total. The maximum Gasteiger partial charge on any atom is 0.253 e. The Labute approximate surface area is 163 Å². The van der Waals surface area contributed by atoms with E-state index in [1.165, 1.54) is 11.1 Å². The highest BCUT2D eigenvalue weighted by Gasteiger charge is 2.25. The molecular formula is C22H30N2O2Si. The summed E-state index contributed by atoms with van der Waals surface area (Å²) >= 11 is 0. The lowest BCUT2D eigenvalue weighted by molar-refractivity contribution is 0.0713. The van der Waals surface area contributed by atoms with Gasteiger partial charge < -0.3 is 15.0 Å². The van der Waals surface area contributed by atoms with Gasteiger partial charge in [0.25, 0.3) is 5.91 Å². The third-order valence-corrected chi connectivity index (χ3v) is 7.17. The van der Waals surface area contributed by atoms with E-state index in [9.17, 15) is 9.59 Å². The number of likely N-dealkylation sites (tertiary alicyclic amines) is 1. The van der Waals surface area contributed by atoms with Crippen molar-refractivity contribution in [2.24, 2.45) is 0 Å². The predicted molar refractivity (Wildman–Crippen MR) is 113 cm³/mol. The quantitative estimate of drug-likeness (QED) is 0.782. The summed E-state index contributed by atoms with van der Waals surface area (Å²) in [5.74, 6) is 0.621. The normalized spacial score (nSPS) is 15.8.